The van der Waals surface area contributed by atoms with Gasteiger partial charge in [0.15, 0.2) is 0 Å². The van der Waals surface area contributed by atoms with Gasteiger partial charge < -0.3 is 11.1 Å². The highest BCUT2D eigenvalue weighted by molar-refractivity contribution is 5.56. The van der Waals surface area contributed by atoms with E-state index in [0.29, 0.717) is 6.54 Å². The monoisotopic (exact) mass is 238 g/mol. The predicted octanol–water partition coefficient (Wildman–Crippen LogP) is 2.70. The van der Waals surface area contributed by atoms with Gasteiger partial charge in [0.1, 0.15) is 0 Å². The smallest absolute Gasteiger partial charge is 0.0373 e. The molecule has 0 unspecified atom stereocenters. The zero-order valence-electron chi connectivity index (χ0n) is 10.4. The van der Waals surface area contributed by atoms with Crippen LogP contribution in [0.2, 0.25) is 0 Å². The fourth-order valence-corrected chi connectivity index (χ4v) is 2.50. The molecule has 0 fully saturated rings. The van der Waals surface area contributed by atoms with Crippen LogP contribution >= 0.6 is 0 Å². The van der Waals surface area contributed by atoms with E-state index in [1.165, 1.54) is 27.9 Å². The summed E-state index contributed by atoms with van der Waals surface area (Å²) in [6, 6.07) is 15.3. The second-order valence-electron chi connectivity index (χ2n) is 4.87. The van der Waals surface area contributed by atoms with E-state index < -0.39 is 0 Å². The molecule has 2 nitrogen and oxygen atoms in total. The molecule has 1 heterocycles. The molecule has 0 saturated heterocycles. The lowest BCUT2D eigenvalue weighted by Crippen LogP contribution is -1.96. The van der Waals surface area contributed by atoms with Crippen LogP contribution in [0.1, 0.15) is 22.3 Å². The van der Waals surface area contributed by atoms with Crippen molar-refractivity contribution in [3.63, 3.8) is 0 Å². The molecule has 0 spiro atoms. The minimum atomic E-state index is 0.616. The molecule has 92 valence electrons. The van der Waals surface area contributed by atoms with Crippen LogP contribution in [0.25, 0.3) is 0 Å². The SMILES string of the molecule is NCc1ccc(Cc2ccc3c(c2)CCN3)cc1. The fraction of sp³-hybridized carbons (Fsp3) is 0.250. The van der Waals surface area contributed by atoms with Crippen LogP contribution in [0.5, 0.6) is 0 Å². The zero-order valence-corrected chi connectivity index (χ0v) is 10.4. The molecular formula is C16H18N2. The van der Waals surface area contributed by atoms with Crippen LogP contribution in [-0.2, 0) is 19.4 Å². The molecule has 0 radical (unpaired) electrons. The zero-order chi connectivity index (χ0) is 12.4. The fourth-order valence-electron chi connectivity index (χ4n) is 2.50. The third kappa shape index (κ3) is 2.24. The summed E-state index contributed by atoms with van der Waals surface area (Å²) < 4.78 is 0. The van der Waals surface area contributed by atoms with Gasteiger partial charge in [0, 0.05) is 18.8 Å². The summed E-state index contributed by atoms with van der Waals surface area (Å²) >= 11 is 0. The Morgan fingerprint density at radius 3 is 2.44 bits per heavy atom. The quantitative estimate of drug-likeness (QED) is 0.863. The van der Waals surface area contributed by atoms with Crippen LogP contribution in [0.15, 0.2) is 42.5 Å². The van der Waals surface area contributed by atoms with E-state index in [1.807, 2.05) is 0 Å². The maximum Gasteiger partial charge on any atom is 0.0373 e. The van der Waals surface area contributed by atoms with E-state index in [9.17, 15) is 0 Å². The van der Waals surface area contributed by atoms with Crippen molar-refractivity contribution in [1.82, 2.24) is 0 Å². The van der Waals surface area contributed by atoms with Gasteiger partial charge in [0.25, 0.3) is 0 Å². The van der Waals surface area contributed by atoms with E-state index in [0.717, 1.165) is 19.4 Å². The highest BCUT2D eigenvalue weighted by atomic mass is 14.9. The Morgan fingerprint density at radius 1 is 0.944 bits per heavy atom. The largest absolute Gasteiger partial charge is 0.384 e. The molecule has 0 aromatic heterocycles. The maximum absolute atomic E-state index is 5.61. The highest BCUT2D eigenvalue weighted by Crippen LogP contribution is 2.24. The first-order chi connectivity index (χ1) is 8.85. The second-order valence-corrected chi connectivity index (χ2v) is 4.87. The van der Waals surface area contributed by atoms with Gasteiger partial charge in [-0.15, -0.1) is 0 Å². The molecule has 0 saturated carbocycles. The summed E-state index contributed by atoms with van der Waals surface area (Å²) in [5, 5.41) is 3.39. The lowest BCUT2D eigenvalue weighted by Gasteiger charge is -2.06. The molecule has 0 aliphatic carbocycles. The molecule has 2 aromatic carbocycles. The Morgan fingerprint density at radius 2 is 1.67 bits per heavy atom. The summed E-state index contributed by atoms with van der Waals surface area (Å²) in [6.07, 6.45) is 2.15. The van der Waals surface area contributed by atoms with Crippen molar-refractivity contribution < 1.29 is 0 Å². The maximum atomic E-state index is 5.61. The first-order valence-corrected chi connectivity index (χ1v) is 6.49. The molecule has 1 aliphatic heterocycles. The number of rotatable bonds is 3. The van der Waals surface area contributed by atoms with Gasteiger partial charge in [-0.2, -0.15) is 0 Å². The number of fused-ring (bicyclic) bond motifs is 1. The Bertz CT molecular complexity index is 544. The van der Waals surface area contributed by atoms with Crippen LogP contribution in [0, 0.1) is 0 Å². The van der Waals surface area contributed by atoms with Gasteiger partial charge in [-0.05, 0) is 41.2 Å². The van der Waals surface area contributed by atoms with Gasteiger partial charge in [-0.3, -0.25) is 0 Å². The summed E-state index contributed by atoms with van der Waals surface area (Å²) in [5.41, 5.74) is 12.3. The normalized spacial score (nSPS) is 13.2. The lowest BCUT2D eigenvalue weighted by atomic mass is 10.0. The van der Waals surface area contributed by atoms with E-state index in [4.69, 9.17) is 5.73 Å². The van der Waals surface area contributed by atoms with Crippen LogP contribution in [0.4, 0.5) is 5.69 Å². The molecule has 0 atom stereocenters. The first kappa shape index (κ1) is 11.3. The highest BCUT2D eigenvalue weighted by Gasteiger charge is 2.09. The number of benzene rings is 2. The summed E-state index contributed by atoms with van der Waals surface area (Å²) in [5.74, 6) is 0. The molecule has 3 N–H and O–H groups in total. The van der Waals surface area contributed by atoms with Crippen molar-refractivity contribution in [2.75, 3.05) is 11.9 Å². The van der Waals surface area contributed by atoms with Gasteiger partial charge in [0.2, 0.25) is 0 Å². The van der Waals surface area contributed by atoms with E-state index in [2.05, 4.69) is 47.8 Å². The van der Waals surface area contributed by atoms with E-state index in [-0.39, 0.29) is 0 Å². The molecule has 0 amide bonds. The van der Waals surface area contributed by atoms with Gasteiger partial charge >= 0.3 is 0 Å². The van der Waals surface area contributed by atoms with Crippen molar-refractivity contribution in [2.24, 2.45) is 5.73 Å². The van der Waals surface area contributed by atoms with Crippen molar-refractivity contribution >= 4 is 5.69 Å². The average molecular weight is 238 g/mol. The first-order valence-electron chi connectivity index (χ1n) is 6.49. The second kappa shape index (κ2) is 4.83. The summed E-state index contributed by atoms with van der Waals surface area (Å²) in [7, 11) is 0. The lowest BCUT2D eigenvalue weighted by molar-refractivity contribution is 1.06. The summed E-state index contributed by atoms with van der Waals surface area (Å²) in [4.78, 5) is 0. The molecule has 3 rings (SSSR count). The van der Waals surface area contributed by atoms with Crippen LogP contribution in [0.3, 0.4) is 0 Å². The van der Waals surface area contributed by atoms with Crippen LogP contribution < -0.4 is 11.1 Å². The summed E-state index contributed by atoms with van der Waals surface area (Å²) in [6.45, 7) is 1.69. The van der Waals surface area contributed by atoms with Crippen molar-refractivity contribution in [3.8, 4) is 0 Å². The number of nitrogens with one attached hydrogen (secondary N) is 1. The van der Waals surface area contributed by atoms with Gasteiger partial charge in [-0.1, -0.05) is 36.4 Å². The molecular weight excluding hydrogens is 220 g/mol. The standard InChI is InChI=1S/C16H18N2/c17-11-13-3-1-12(2-4-13)9-14-5-6-16-15(10-14)7-8-18-16/h1-6,10,18H,7-9,11,17H2. The Kier molecular flexibility index (Phi) is 3.03. The molecule has 1 aliphatic rings. The number of anilines is 1. The number of nitrogens with two attached hydrogens (primary N) is 1. The number of hydrogen-bond acceptors (Lipinski definition) is 2. The van der Waals surface area contributed by atoms with Crippen LogP contribution in [-0.4, -0.2) is 6.54 Å². The van der Waals surface area contributed by atoms with Gasteiger partial charge in [-0.25, -0.2) is 0 Å². The van der Waals surface area contributed by atoms with Crippen molar-refractivity contribution in [1.29, 1.82) is 0 Å². The molecule has 2 aromatic rings. The third-order valence-electron chi connectivity index (χ3n) is 3.55. The average Bonchev–Trinajstić information content (AvgIpc) is 2.87. The minimum absolute atomic E-state index is 0.616. The predicted molar refractivity (Wildman–Crippen MR) is 75.8 cm³/mol. The molecule has 0 bridgehead atoms. The Labute approximate surface area is 108 Å². The number of hydrogen-bond donors (Lipinski definition) is 2. The minimum Gasteiger partial charge on any atom is -0.384 e. The van der Waals surface area contributed by atoms with E-state index in [1.54, 1.807) is 0 Å². The Hall–Kier alpha value is -1.80. The van der Waals surface area contributed by atoms with Gasteiger partial charge in [0.05, 0.1) is 0 Å². The van der Waals surface area contributed by atoms with Crippen molar-refractivity contribution in [3.05, 3.63) is 64.7 Å². The van der Waals surface area contributed by atoms with Crippen molar-refractivity contribution in [2.45, 2.75) is 19.4 Å². The Balaban J connectivity index is 1.79. The third-order valence-corrected chi connectivity index (χ3v) is 3.55. The molecule has 18 heavy (non-hydrogen) atoms. The molecule has 2 heteroatoms. The van der Waals surface area contributed by atoms with E-state index >= 15 is 0 Å². The topological polar surface area (TPSA) is 38.0 Å².